The van der Waals surface area contributed by atoms with E-state index in [-0.39, 0.29) is 11.4 Å². The van der Waals surface area contributed by atoms with Gasteiger partial charge in [0.25, 0.3) is 0 Å². The summed E-state index contributed by atoms with van der Waals surface area (Å²) in [6.07, 6.45) is 1.50. The monoisotopic (exact) mass is 324 g/mol. The summed E-state index contributed by atoms with van der Waals surface area (Å²) in [7, 11) is 1.37. The fourth-order valence-electron chi connectivity index (χ4n) is 3.61. The van der Waals surface area contributed by atoms with Crippen LogP contribution in [0.5, 0.6) is 0 Å². The first kappa shape index (κ1) is 16.7. The van der Waals surface area contributed by atoms with Crippen LogP contribution >= 0.6 is 0 Å². The first-order chi connectivity index (χ1) is 11.3. The lowest BCUT2D eigenvalue weighted by Crippen LogP contribution is -2.38. The maximum Gasteiger partial charge on any atom is 0.337 e. The van der Waals surface area contributed by atoms with Crippen LogP contribution in [0.4, 0.5) is 0 Å². The third-order valence-corrected chi connectivity index (χ3v) is 5.26. The smallest absolute Gasteiger partial charge is 0.337 e. The van der Waals surface area contributed by atoms with Crippen molar-refractivity contribution in [1.29, 1.82) is 0 Å². The van der Waals surface area contributed by atoms with Gasteiger partial charge in [0.2, 0.25) is 0 Å². The van der Waals surface area contributed by atoms with Crippen LogP contribution in [0.15, 0.2) is 42.5 Å². The van der Waals surface area contributed by atoms with E-state index in [1.54, 1.807) is 12.1 Å². The molecule has 0 aliphatic heterocycles. The molecule has 0 radical (unpaired) electrons. The summed E-state index contributed by atoms with van der Waals surface area (Å²) in [5.74, 6) is -0.382. The SMILES string of the molecule is COC(=O)c1ccc2c(c1)C(O)(c1ccc(C)cc1)CCC2(C)C. The van der Waals surface area contributed by atoms with Crippen molar-refractivity contribution in [2.75, 3.05) is 7.11 Å². The van der Waals surface area contributed by atoms with Crippen LogP contribution in [0.2, 0.25) is 0 Å². The van der Waals surface area contributed by atoms with E-state index in [1.165, 1.54) is 7.11 Å². The molecule has 2 aromatic rings. The highest BCUT2D eigenvalue weighted by molar-refractivity contribution is 5.89. The second-order valence-corrected chi connectivity index (χ2v) is 7.36. The van der Waals surface area contributed by atoms with Gasteiger partial charge < -0.3 is 9.84 Å². The van der Waals surface area contributed by atoms with Crippen LogP contribution in [0.3, 0.4) is 0 Å². The van der Waals surface area contributed by atoms with Crippen LogP contribution in [-0.4, -0.2) is 18.2 Å². The normalized spacial score (nSPS) is 21.9. The number of aryl methyl sites for hydroxylation is 1. The largest absolute Gasteiger partial charge is 0.465 e. The molecular weight excluding hydrogens is 300 g/mol. The zero-order valence-electron chi connectivity index (χ0n) is 14.7. The number of carbonyl (C=O) groups is 1. The van der Waals surface area contributed by atoms with Gasteiger partial charge >= 0.3 is 5.97 Å². The summed E-state index contributed by atoms with van der Waals surface area (Å²) in [5.41, 5.74) is 3.27. The van der Waals surface area contributed by atoms with E-state index in [1.807, 2.05) is 37.3 Å². The predicted octanol–water partition coefficient (Wildman–Crippen LogP) is 4.09. The number of carbonyl (C=O) groups excluding carboxylic acids is 1. The van der Waals surface area contributed by atoms with E-state index in [4.69, 9.17) is 4.74 Å². The molecule has 1 atom stereocenters. The number of fused-ring (bicyclic) bond motifs is 1. The maximum absolute atomic E-state index is 11.9. The first-order valence-electron chi connectivity index (χ1n) is 8.31. The summed E-state index contributed by atoms with van der Waals surface area (Å²) in [6, 6.07) is 13.5. The lowest BCUT2D eigenvalue weighted by molar-refractivity contribution is 0.0490. The van der Waals surface area contributed by atoms with Crippen LogP contribution in [0.25, 0.3) is 0 Å². The molecule has 0 spiro atoms. The average molecular weight is 324 g/mol. The summed E-state index contributed by atoms with van der Waals surface area (Å²) < 4.78 is 4.85. The van der Waals surface area contributed by atoms with Crippen molar-refractivity contribution in [2.45, 2.75) is 44.6 Å². The molecule has 2 aromatic carbocycles. The Balaban J connectivity index is 2.21. The van der Waals surface area contributed by atoms with Crippen molar-refractivity contribution in [2.24, 2.45) is 0 Å². The maximum atomic E-state index is 11.9. The quantitative estimate of drug-likeness (QED) is 0.846. The molecule has 0 saturated heterocycles. The Morgan fingerprint density at radius 3 is 2.33 bits per heavy atom. The molecular formula is C21H24O3. The second kappa shape index (κ2) is 5.75. The molecule has 1 aliphatic carbocycles. The summed E-state index contributed by atoms with van der Waals surface area (Å²) in [6.45, 7) is 6.39. The highest BCUT2D eigenvalue weighted by atomic mass is 16.5. The number of benzene rings is 2. The number of hydrogen-bond acceptors (Lipinski definition) is 3. The first-order valence-corrected chi connectivity index (χ1v) is 8.31. The van der Waals surface area contributed by atoms with Gasteiger partial charge in [0, 0.05) is 0 Å². The second-order valence-electron chi connectivity index (χ2n) is 7.36. The van der Waals surface area contributed by atoms with E-state index in [9.17, 15) is 9.90 Å². The van der Waals surface area contributed by atoms with Crippen molar-refractivity contribution in [3.8, 4) is 0 Å². The highest BCUT2D eigenvalue weighted by Gasteiger charge is 2.43. The van der Waals surface area contributed by atoms with Gasteiger partial charge in [0.1, 0.15) is 5.60 Å². The number of methoxy groups -OCH3 is 1. The molecule has 3 heteroatoms. The Labute approximate surface area is 143 Å². The highest BCUT2D eigenvalue weighted by Crippen LogP contribution is 2.48. The molecule has 0 fully saturated rings. The van der Waals surface area contributed by atoms with Crippen molar-refractivity contribution in [3.63, 3.8) is 0 Å². The Morgan fingerprint density at radius 2 is 1.71 bits per heavy atom. The van der Waals surface area contributed by atoms with E-state index in [2.05, 4.69) is 13.8 Å². The van der Waals surface area contributed by atoms with Crippen LogP contribution in [-0.2, 0) is 15.8 Å². The number of rotatable bonds is 2. The van der Waals surface area contributed by atoms with Gasteiger partial charge in [-0.2, -0.15) is 0 Å². The number of ether oxygens (including phenoxy) is 1. The van der Waals surface area contributed by atoms with Gasteiger partial charge in [-0.25, -0.2) is 4.79 Å². The molecule has 0 saturated carbocycles. The number of hydrogen-bond donors (Lipinski definition) is 1. The predicted molar refractivity (Wildman–Crippen MR) is 94.2 cm³/mol. The molecule has 3 rings (SSSR count). The third-order valence-electron chi connectivity index (χ3n) is 5.26. The molecule has 0 aromatic heterocycles. The van der Waals surface area contributed by atoms with Crippen LogP contribution in [0.1, 0.15) is 59.3 Å². The zero-order valence-corrected chi connectivity index (χ0v) is 14.7. The Bertz CT molecular complexity index is 774. The standard InChI is InChI=1S/C21H24O3/c1-14-5-8-16(9-6-14)21(23)12-11-20(2,3)17-10-7-15(13-18(17)21)19(22)24-4/h5-10,13,23H,11-12H2,1-4H3. The molecule has 0 amide bonds. The van der Waals surface area contributed by atoms with Crippen molar-refractivity contribution in [1.82, 2.24) is 0 Å². The van der Waals surface area contributed by atoms with E-state index in [0.29, 0.717) is 12.0 Å². The van der Waals surface area contributed by atoms with Gasteiger partial charge in [-0.05, 0) is 54.0 Å². The Morgan fingerprint density at radius 1 is 1.04 bits per heavy atom. The fourth-order valence-corrected chi connectivity index (χ4v) is 3.61. The summed E-state index contributed by atoms with van der Waals surface area (Å²) >= 11 is 0. The van der Waals surface area contributed by atoms with Crippen molar-refractivity contribution < 1.29 is 14.6 Å². The molecule has 1 N–H and O–H groups in total. The average Bonchev–Trinajstić information content (AvgIpc) is 2.58. The lowest BCUT2D eigenvalue weighted by atomic mass is 9.64. The van der Waals surface area contributed by atoms with Crippen LogP contribution in [0, 0.1) is 6.92 Å². The molecule has 3 nitrogen and oxygen atoms in total. The van der Waals surface area contributed by atoms with Crippen molar-refractivity contribution in [3.05, 3.63) is 70.3 Å². The number of esters is 1. The summed E-state index contributed by atoms with van der Waals surface area (Å²) in [5, 5.41) is 11.5. The zero-order chi connectivity index (χ0) is 17.5. The molecule has 1 aliphatic rings. The van der Waals surface area contributed by atoms with Gasteiger partial charge in [-0.1, -0.05) is 49.7 Å². The van der Waals surface area contributed by atoms with E-state index in [0.717, 1.165) is 28.7 Å². The Hall–Kier alpha value is -2.13. The topological polar surface area (TPSA) is 46.5 Å². The van der Waals surface area contributed by atoms with E-state index < -0.39 is 5.60 Å². The minimum Gasteiger partial charge on any atom is -0.465 e. The van der Waals surface area contributed by atoms with Gasteiger partial charge in [-0.15, -0.1) is 0 Å². The molecule has 24 heavy (non-hydrogen) atoms. The molecule has 126 valence electrons. The Kier molecular flexibility index (Phi) is 4.00. The van der Waals surface area contributed by atoms with Gasteiger partial charge in [0.15, 0.2) is 0 Å². The lowest BCUT2D eigenvalue weighted by Gasteiger charge is -2.43. The minimum absolute atomic E-state index is 0.0408. The third kappa shape index (κ3) is 2.63. The minimum atomic E-state index is -1.08. The molecule has 0 heterocycles. The van der Waals surface area contributed by atoms with E-state index >= 15 is 0 Å². The molecule has 0 bridgehead atoms. The number of aliphatic hydroxyl groups is 1. The van der Waals surface area contributed by atoms with Crippen LogP contribution < -0.4 is 0 Å². The van der Waals surface area contributed by atoms with Gasteiger partial charge in [-0.3, -0.25) is 0 Å². The fraction of sp³-hybridized carbons (Fsp3) is 0.381. The van der Waals surface area contributed by atoms with Crippen molar-refractivity contribution >= 4 is 5.97 Å². The van der Waals surface area contributed by atoms with Gasteiger partial charge in [0.05, 0.1) is 12.7 Å². The molecule has 1 unspecified atom stereocenters. The summed E-state index contributed by atoms with van der Waals surface area (Å²) in [4.78, 5) is 11.9.